The number of nitrogens with zero attached hydrogens (tertiary/aromatic N) is 2. The molecule has 0 spiro atoms. The molecule has 1 heterocycles. The van der Waals surface area contributed by atoms with Gasteiger partial charge in [0.1, 0.15) is 17.3 Å². The number of carbonyl (C=O) groups excluding carboxylic acids is 2. The van der Waals surface area contributed by atoms with Crippen LogP contribution in [0.15, 0.2) is 23.6 Å². The van der Waals surface area contributed by atoms with Gasteiger partial charge in [0.25, 0.3) is 11.8 Å². The average molecular weight is 379 g/mol. The molecule has 1 aliphatic rings. The van der Waals surface area contributed by atoms with Gasteiger partial charge in [0.05, 0.1) is 0 Å². The summed E-state index contributed by atoms with van der Waals surface area (Å²) in [7, 11) is 0. The SMILES string of the molecule is CCCN(CC1CC1)C(=O)c1csc(NC(=O)c2cc(F)cc(F)c2)n1. The van der Waals surface area contributed by atoms with Crippen LogP contribution in [0.1, 0.15) is 47.0 Å². The van der Waals surface area contributed by atoms with E-state index in [4.69, 9.17) is 0 Å². The molecule has 0 radical (unpaired) electrons. The zero-order valence-corrected chi connectivity index (χ0v) is 15.1. The monoisotopic (exact) mass is 379 g/mol. The van der Waals surface area contributed by atoms with E-state index in [1.54, 1.807) is 10.3 Å². The van der Waals surface area contributed by atoms with E-state index >= 15 is 0 Å². The number of aromatic nitrogens is 1. The highest BCUT2D eigenvalue weighted by atomic mass is 32.1. The molecule has 1 saturated carbocycles. The van der Waals surface area contributed by atoms with Crippen LogP contribution >= 0.6 is 11.3 Å². The molecule has 0 bridgehead atoms. The van der Waals surface area contributed by atoms with Crippen LogP contribution in [-0.2, 0) is 0 Å². The van der Waals surface area contributed by atoms with E-state index in [2.05, 4.69) is 10.3 Å². The molecule has 1 N–H and O–H groups in total. The van der Waals surface area contributed by atoms with Crippen molar-refractivity contribution >= 4 is 28.3 Å². The second-order valence-electron chi connectivity index (χ2n) is 6.34. The van der Waals surface area contributed by atoms with Gasteiger partial charge in [-0.1, -0.05) is 6.92 Å². The summed E-state index contributed by atoms with van der Waals surface area (Å²) in [6, 6.07) is 2.58. The molecule has 1 aromatic heterocycles. The number of benzene rings is 1. The third-order valence-corrected chi connectivity index (χ3v) is 4.78. The lowest BCUT2D eigenvalue weighted by atomic mass is 10.2. The normalized spacial score (nSPS) is 13.5. The molecule has 0 saturated heterocycles. The number of hydrogen-bond acceptors (Lipinski definition) is 4. The quantitative estimate of drug-likeness (QED) is 0.793. The molecular formula is C18H19F2N3O2S. The first kappa shape index (κ1) is 18.4. The Kier molecular flexibility index (Phi) is 5.61. The van der Waals surface area contributed by atoms with Gasteiger partial charge in [-0.15, -0.1) is 11.3 Å². The van der Waals surface area contributed by atoms with Crippen LogP contribution < -0.4 is 5.32 Å². The molecular weight excluding hydrogens is 360 g/mol. The van der Waals surface area contributed by atoms with Crippen molar-refractivity contribution < 1.29 is 18.4 Å². The summed E-state index contributed by atoms with van der Waals surface area (Å²) < 4.78 is 26.4. The fourth-order valence-corrected chi connectivity index (χ4v) is 3.28. The zero-order valence-electron chi connectivity index (χ0n) is 14.3. The number of hydrogen-bond donors (Lipinski definition) is 1. The summed E-state index contributed by atoms with van der Waals surface area (Å²) in [5.74, 6) is -1.93. The van der Waals surface area contributed by atoms with Gasteiger partial charge in [0.2, 0.25) is 0 Å². The molecule has 8 heteroatoms. The molecule has 2 aromatic rings. The fraction of sp³-hybridized carbons (Fsp3) is 0.389. The van der Waals surface area contributed by atoms with Gasteiger partial charge in [-0.25, -0.2) is 13.8 Å². The molecule has 0 aliphatic heterocycles. The lowest BCUT2D eigenvalue weighted by molar-refractivity contribution is 0.0742. The van der Waals surface area contributed by atoms with Gasteiger partial charge in [0, 0.05) is 30.1 Å². The molecule has 138 valence electrons. The van der Waals surface area contributed by atoms with Crippen molar-refractivity contribution in [1.82, 2.24) is 9.88 Å². The predicted molar refractivity (Wildman–Crippen MR) is 95.3 cm³/mol. The lowest BCUT2D eigenvalue weighted by Crippen LogP contribution is -2.33. The first-order valence-corrected chi connectivity index (χ1v) is 9.36. The van der Waals surface area contributed by atoms with Crippen LogP contribution in [0.2, 0.25) is 0 Å². The molecule has 3 rings (SSSR count). The Balaban J connectivity index is 1.68. The number of halogens is 2. The van der Waals surface area contributed by atoms with Crippen LogP contribution in [0.4, 0.5) is 13.9 Å². The van der Waals surface area contributed by atoms with Gasteiger partial charge in [-0.05, 0) is 37.3 Å². The second-order valence-corrected chi connectivity index (χ2v) is 7.20. The molecule has 1 aliphatic carbocycles. The van der Waals surface area contributed by atoms with Crippen LogP contribution in [0.3, 0.4) is 0 Å². The highest BCUT2D eigenvalue weighted by Crippen LogP contribution is 2.30. The van der Waals surface area contributed by atoms with E-state index in [-0.39, 0.29) is 22.3 Å². The number of thiazole rings is 1. The minimum absolute atomic E-state index is 0.146. The first-order chi connectivity index (χ1) is 12.5. The Hall–Kier alpha value is -2.35. The standard InChI is InChI=1S/C18H19F2N3O2S/c1-2-5-23(9-11-3-4-11)17(25)15-10-26-18(21-15)22-16(24)12-6-13(19)8-14(20)7-12/h6-8,10-11H,2-5,9H2,1H3,(H,21,22,24). The molecule has 1 aromatic carbocycles. The van der Waals surface area contributed by atoms with E-state index in [0.717, 1.165) is 49.3 Å². The molecule has 1 fully saturated rings. The van der Waals surface area contributed by atoms with E-state index < -0.39 is 17.5 Å². The van der Waals surface area contributed by atoms with Crippen LogP contribution in [0, 0.1) is 17.6 Å². The topological polar surface area (TPSA) is 62.3 Å². The van der Waals surface area contributed by atoms with Crippen molar-refractivity contribution in [2.24, 2.45) is 5.92 Å². The summed E-state index contributed by atoms with van der Waals surface area (Å²) >= 11 is 1.10. The number of rotatable bonds is 7. The molecule has 2 amide bonds. The summed E-state index contributed by atoms with van der Waals surface area (Å²) in [6.07, 6.45) is 3.16. The highest BCUT2D eigenvalue weighted by Gasteiger charge is 2.28. The molecule has 26 heavy (non-hydrogen) atoms. The first-order valence-electron chi connectivity index (χ1n) is 8.48. The van der Waals surface area contributed by atoms with Crippen LogP contribution in [0.5, 0.6) is 0 Å². The van der Waals surface area contributed by atoms with Crippen molar-refractivity contribution in [2.45, 2.75) is 26.2 Å². The maximum Gasteiger partial charge on any atom is 0.273 e. The minimum Gasteiger partial charge on any atom is -0.337 e. The minimum atomic E-state index is -0.833. The highest BCUT2D eigenvalue weighted by molar-refractivity contribution is 7.14. The zero-order chi connectivity index (χ0) is 18.7. The Bertz CT molecular complexity index is 800. The summed E-state index contributed by atoms with van der Waals surface area (Å²) in [5.41, 5.74) is 0.122. The van der Waals surface area contributed by atoms with Crippen molar-refractivity contribution in [1.29, 1.82) is 0 Å². The fourth-order valence-electron chi connectivity index (χ4n) is 2.60. The van der Waals surface area contributed by atoms with Crippen molar-refractivity contribution in [3.05, 3.63) is 46.5 Å². The molecule has 5 nitrogen and oxygen atoms in total. The second kappa shape index (κ2) is 7.90. The van der Waals surface area contributed by atoms with Gasteiger partial charge >= 0.3 is 0 Å². The van der Waals surface area contributed by atoms with Crippen molar-refractivity contribution in [2.75, 3.05) is 18.4 Å². The third kappa shape index (κ3) is 4.63. The third-order valence-electron chi connectivity index (χ3n) is 4.02. The summed E-state index contributed by atoms with van der Waals surface area (Å²) in [5, 5.41) is 4.27. The number of nitrogens with one attached hydrogen (secondary N) is 1. The van der Waals surface area contributed by atoms with Crippen molar-refractivity contribution in [3.8, 4) is 0 Å². The Morgan fingerprint density at radius 2 is 1.96 bits per heavy atom. The largest absolute Gasteiger partial charge is 0.337 e. The number of amides is 2. The van der Waals surface area contributed by atoms with Gasteiger partial charge in [-0.3, -0.25) is 14.9 Å². The average Bonchev–Trinajstić information content (AvgIpc) is 3.29. The number of anilines is 1. The lowest BCUT2D eigenvalue weighted by Gasteiger charge is -2.20. The maximum absolute atomic E-state index is 13.2. The van der Waals surface area contributed by atoms with Gasteiger partial charge in [-0.2, -0.15) is 0 Å². The summed E-state index contributed by atoms with van der Waals surface area (Å²) in [4.78, 5) is 30.7. The van der Waals surface area contributed by atoms with Gasteiger partial charge in [0.15, 0.2) is 5.13 Å². The van der Waals surface area contributed by atoms with Crippen molar-refractivity contribution in [3.63, 3.8) is 0 Å². The Morgan fingerprint density at radius 3 is 2.58 bits per heavy atom. The molecule has 0 atom stereocenters. The molecule has 0 unspecified atom stereocenters. The smallest absolute Gasteiger partial charge is 0.273 e. The Labute approximate surface area is 154 Å². The Morgan fingerprint density at radius 1 is 1.27 bits per heavy atom. The van der Waals surface area contributed by atoms with E-state index in [1.807, 2.05) is 6.92 Å². The number of carbonyl (C=O) groups is 2. The van der Waals surface area contributed by atoms with Crippen LogP contribution in [-0.4, -0.2) is 34.8 Å². The maximum atomic E-state index is 13.2. The van der Waals surface area contributed by atoms with E-state index in [1.165, 1.54) is 0 Å². The van der Waals surface area contributed by atoms with Gasteiger partial charge < -0.3 is 4.90 Å². The summed E-state index contributed by atoms with van der Waals surface area (Å²) in [6.45, 7) is 3.41. The van der Waals surface area contributed by atoms with E-state index in [0.29, 0.717) is 18.5 Å². The van der Waals surface area contributed by atoms with Crippen LogP contribution in [0.25, 0.3) is 0 Å². The predicted octanol–water partition coefficient (Wildman–Crippen LogP) is 3.94. The van der Waals surface area contributed by atoms with E-state index in [9.17, 15) is 18.4 Å².